The van der Waals surface area contributed by atoms with Crippen molar-refractivity contribution in [2.75, 3.05) is 0 Å². The van der Waals surface area contributed by atoms with Gasteiger partial charge < -0.3 is 4.52 Å². The molecular formula is C19H17N5O. The lowest BCUT2D eigenvalue weighted by atomic mass is 10.0. The zero-order valence-corrected chi connectivity index (χ0v) is 14.0. The van der Waals surface area contributed by atoms with Gasteiger partial charge in [0.05, 0.1) is 17.9 Å². The highest BCUT2D eigenvalue weighted by molar-refractivity contribution is 5.70. The van der Waals surface area contributed by atoms with Crippen molar-refractivity contribution in [3.63, 3.8) is 0 Å². The van der Waals surface area contributed by atoms with Crippen LogP contribution in [0.4, 0.5) is 0 Å². The summed E-state index contributed by atoms with van der Waals surface area (Å²) in [5, 5.41) is 8.68. The fourth-order valence-electron chi connectivity index (χ4n) is 2.80. The molecule has 0 saturated heterocycles. The second-order valence-corrected chi connectivity index (χ2v) is 5.91. The normalized spacial score (nSPS) is 11.0. The van der Waals surface area contributed by atoms with Crippen molar-refractivity contribution in [1.82, 2.24) is 24.9 Å². The van der Waals surface area contributed by atoms with Gasteiger partial charge in [0.1, 0.15) is 12.1 Å². The van der Waals surface area contributed by atoms with Crippen molar-refractivity contribution in [1.29, 1.82) is 0 Å². The van der Waals surface area contributed by atoms with Crippen LogP contribution in [-0.2, 0) is 6.54 Å². The lowest BCUT2D eigenvalue weighted by Gasteiger charge is -2.04. The molecule has 0 bridgehead atoms. The van der Waals surface area contributed by atoms with Crippen LogP contribution >= 0.6 is 0 Å². The van der Waals surface area contributed by atoms with E-state index in [0.717, 1.165) is 39.4 Å². The molecule has 3 heterocycles. The summed E-state index contributed by atoms with van der Waals surface area (Å²) < 4.78 is 7.12. The number of rotatable bonds is 4. The van der Waals surface area contributed by atoms with Crippen LogP contribution in [0.1, 0.15) is 17.0 Å². The van der Waals surface area contributed by atoms with Gasteiger partial charge in [0.25, 0.3) is 0 Å². The number of nitrogens with zero attached hydrogens (tertiary/aromatic N) is 5. The number of aryl methyl sites for hydroxylation is 2. The highest BCUT2D eigenvalue weighted by Crippen LogP contribution is 2.24. The van der Waals surface area contributed by atoms with Crippen LogP contribution in [0.15, 0.2) is 59.8 Å². The molecule has 0 amide bonds. The minimum Gasteiger partial charge on any atom is -0.361 e. The first-order valence-electron chi connectivity index (χ1n) is 8.02. The SMILES string of the molecule is Cc1noc(C)c1Cn1ccc(-c2cccc(-c3cncnc3)c2)n1. The molecule has 0 radical (unpaired) electrons. The topological polar surface area (TPSA) is 69.6 Å². The molecule has 0 aliphatic rings. The molecule has 6 heteroatoms. The molecule has 0 saturated carbocycles. The first-order valence-corrected chi connectivity index (χ1v) is 8.02. The summed E-state index contributed by atoms with van der Waals surface area (Å²) in [7, 11) is 0. The summed E-state index contributed by atoms with van der Waals surface area (Å²) in [6, 6.07) is 10.2. The van der Waals surface area contributed by atoms with Gasteiger partial charge in [-0.1, -0.05) is 23.4 Å². The van der Waals surface area contributed by atoms with Crippen molar-refractivity contribution in [3.8, 4) is 22.4 Å². The average molecular weight is 331 g/mol. The molecule has 0 unspecified atom stereocenters. The van der Waals surface area contributed by atoms with E-state index < -0.39 is 0 Å². The Bertz CT molecular complexity index is 984. The van der Waals surface area contributed by atoms with E-state index in [1.54, 1.807) is 0 Å². The van der Waals surface area contributed by atoms with E-state index in [1.165, 1.54) is 6.33 Å². The fraction of sp³-hybridized carbons (Fsp3) is 0.158. The number of benzene rings is 1. The van der Waals surface area contributed by atoms with Crippen LogP contribution in [0.25, 0.3) is 22.4 Å². The maximum Gasteiger partial charge on any atom is 0.138 e. The summed E-state index contributed by atoms with van der Waals surface area (Å²) in [6.45, 7) is 4.51. The molecule has 0 aliphatic heterocycles. The molecule has 25 heavy (non-hydrogen) atoms. The smallest absolute Gasteiger partial charge is 0.138 e. The van der Waals surface area contributed by atoms with Gasteiger partial charge in [-0.2, -0.15) is 5.10 Å². The summed E-state index contributed by atoms with van der Waals surface area (Å²) in [5.41, 5.74) is 6.01. The molecule has 124 valence electrons. The Hall–Kier alpha value is -3.28. The third-order valence-electron chi connectivity index (χ3n) is 4.19. The summed E-state index contributed by atoms with van der Waals surface area (Å²) in [5.74, 6) is 0.834. The average Bonchev–Trinajstić information content (AvgIpc) is 3.25. The van der Waals surface area contributed by atoms with Gasteiger partial charge in [-0.25, -0.2) is 9.97 Å². The van der Waals surface area contributed by atoms with Crippen molar-refractivity contribution in [2.24, 2.45) is 0 Å². The third kappa shape index (κ3) is 3.06. The second-order valence-electron chi connectivity index (χ2n) is 5.91. The third-order valence-corrected chi connectivity index (χ3v) is 4.19. The van der Waals surface area contributed by atoms with Crippen LogP contribution in [0, 0.1) is 13.8 Å². The predicted molar refractivity (Wildman–Crippen MR) is 93.8 cm³/mol. The number of hydrogen-bond donors (Lipinski definition) is 0. The molecule has 0 atom stereocenters. The van der Waals surface area contributed by atoms with Crippen molar-refractivity contribution in [2.45, 2.75) is 20.4 Å². The zero-order chi connectivity index (χ0) is 17.2. The molecule has 1 aromatic carbocycles. The standard InChI is InChI=1S/C19H17N5O/c1-13-18(14(2)25-23-13)11-24-7-6-19(22-24)16-5-3-4-15(8-16)17-9-20-12-21-10-17/h3-10,12H,11H2,1-2H3. The Morgan fingerprint density at radius 3 is 2.56 bits per heavy atom. The van der Waals surface area contributed by atoms with Crippen LogP contribution in [0.5, 0.6) is 0 Å². The van der Waals surface area contributed by atoms with E-state index >= 15 is 0 Å². The van der Waals surface area contributed by atoms with Crippen molar-refractivity contribution in [3.05, 3.63) is 72.3 Å². The van der Waals surface area contributed by atoms with Gasteiger partial charge in [-0.05, 0) is 31.5 Å². The summed E-state index contributed by atoms with van der Waals surface area (Å²) in [4.78, 5) is 8.16. The zero-order valence-electron chi connectivity index (χ0n) is 14.0. The quantitative estimate of drug-likeness (QED) is 0.571. The lowest BCUT2D eigenvalue weighted by molar-refractivity contribution is 0.391. The first-order chi connectivity index (χ1) is 12.2. The van der Waals surface area contributed by atoms with Gasteiger partial charge in [0.15, 0.2) is 0 Å². The van der Waals surface area contributed by atoms with E-state index in [4.69, 9.17) is 4.52 Å². The van der Waals surface area contributed by atoms with Gasteiger partial charge in [0.2, 0.25) is 0 Å². The minimum absolute atomic E-state index is 0.646. The fourth-order valence-corrected chi connectivity index (χ4v) is 2.80. The number of hydrogen-bond acceptors (Lipinski definition) is 5. The largest absolute Gasteiger partial charge is 0.361 e. The van der Waals surface area contributed by atoms with Gasteiger partial charge in [0, 0.05) is 35.3 Å². The van der Waals surface area contributed by atoms with E-state index in [-0.39, 0.29) is 0 Å². The van der Waals surface area contributed by atoms with Crippen molar-refractivity contribution < 1.29 is 4.52 Å². The molecular weight excluding hydrogens is 314 g/mol. The Kier molecular flexibility index (Phi) is 3.85. The monoisotopic (exact) mass is 331 g/mol. The molecule has 4 rings (SSSR count). The Balaban J connectivity index is 1.62. The van der Waals surface area contributed by atoms with Crippen LogP contribution in [0.2, 0.25) is 0 Å². The van der Waals surface area contributed by atoms with E-state index in [1.807, 2.05) is 55.3 Å². The summed E-state index contributed by atoms with van der Waals surface area (Å²) in [6.07, 6.45) is 7.12. The van der Waals surface area contributed by atoms with Gasteiger partial charge in [-0.15, -0.1) is 0 Å². The molecule has 0 N–H and O–H groups in total. The van der Waals surface area contributed by atoms with Crippen LogP contribution < -0.4 is 0 Å². The molecule has 4 aromatic rings. The van der Waals surface area contributed by atoms with E-state index in [2.05, 4.69) is 32.4 Å². The Morgan fingerprint density at radius 2 is 1.80 bits per heavy atom. The maximum atomic E-state index is 5.22. The van der Waals surface area contributed by atoms with Crippen LogP contribution in [-0.4, -0.2) is 24.9 Å². The highest BCUT2D eigenvalue weighted by atomic mass is 16.5. The molecule has 6 nitrogen and oxygen atoms in total. The Labute approximate surface area is 145 Å². The van der Waals surface area contributed by atoms with E-state index in [9.17, 15) is 0 Å². The minimum atomic E-state index is 0.646. The number of aromatic nitrogens is 5. The molecule has 0 aliphatic carbocycles. The highest BCUT2D eigenvalue weighted by Gasteiger charge is 2.11. The lowest BCUT2D eigenvalue weighted by Crippen LogP contribution is -2.02. The van der Waals surface area contributed by atoms with Gasteiger partial charge >= 0.3 is 0 Å². The first kappa shape index (κ1) is 15.3. The molecule has 3 aromatic heterocycles. The van der Waals surface area contributed by atoms with Gasteiger partial charge in [-0.3, -0.25) is 4.68 Å². The maximum absolute atomic E-state index is 5.22. The Morgan fingerprint density at radius 1 is 1.00 bits per heavy atom. The van der Waals surface area contributed by atoms with Crippen LogP contribution in [0.3, 0.4) is 0 Å². The predicted octanol–water partition coefficient (Wildman–Crippen LogP) is 3.66. The van der Waals surface area contributed by atoms with Crippen molar-refractivity contribution >= 4 is 0 Å². The summed E-state index contributed by atoms with van der Waals surface area (Å²) >= 11 is 0. The molecule has 0 fully saturated rings. The van der Waals surface area contributed by atoms with E-state index in [0.29, 0.717) is 6.54 Å². The molecule has 0 spiro atoms. The second kappa shape index (κ2) is 6.32.